The quantitative estimate of drug-likeness (QED) is 0.262. The van der Waals surface area contributed by atoms with Crippen molar-refractivity contribution in [3.05, 3.63) is 71.6 Å². The first-order valence-corrected chi connectivity index (χ1v) is 10.3. The summed E-state index contributed by atoms with van der Waals surface area (Å²) in [5.41, 5.74) is 1.91. The maximum absolute atomic E-state index is 14.4. The minimum Gasteiger partial charge on any atom is -0.493 e. The van der Waals surface area contributed by atoms with Crippen LogP contribution in [0, 0.1) is 11.6 Å². The van der Waals surface area contributed by atoms with Crippen LogP contribution in [0.2, 0.25) is 0 Å². The van der Waals surface area contributed by atoms with E-state index in [4.69, 9.17) is 4.74 Å². The molecule has 1 aliphatic rings. The molecule has 0 aliphatic carbocycles. The number of halogens is 2. The van der Waals surface area contributed by atoms with Crippen LogP contribution in [0.5, 0.6) is 5.75 Å². The second kappa shape index (κ2) is 7.97. The summed E-state index contributed by atoms with van der Waals surface area (Å²) in [6.07, 6.45) is 1.90. The Bertz CT molecular complexity index is 1370. The van der Waals surface area contributed by atoms with Gasteiger partial charge < -0.3 is 9.47 Å². The number of carbonyl (C=O) groups excluding carboxylic acids is 2. The van der Waals surface area contributed by atoms with Gasteiger partial charge >= 0.3 is 12.4 Å². The molecule has 0 spiro atoms. The summed E-state index contributed by atoms with van der Waals surface area (Å²) >= 11 is 1.38. The Labute approximate surface area is 183 Å². The fraction of sp³-hybridized carbons (Fsp3) is 0.0909. The fourth-order valence-electron chi connectivity index (χ4n) is 3.53. The number of ether oxygens (including phenoxy) is 2. The highest BCUT2D eigenvalue weighted by molar-refractivity contribution is 7.19. The number of rotatable bonds is 4. The zero-order valence-corrected chi connectivity index (χ0v) is 17.1. The number of benzene rings is 2. The molecule has 0 bridgehead atoms. The second-order valence-electron chi connectivity index (χ2n) is 6.87. The van der Waals surface area contributed by atoms with E-state index in [9.17, 15) is 18.4 Å². The number of nitrogens with zero attached hydrogens (tertiary/aromatic N) is 3. The van der Waals surface area contributed by atoms with Gasteiger partial charge in [-0.3, -0.25) is 4.79 Å². The topological polar surface area (TPSA) is 83.3 Å². The lowest BCUT2D eigenvalue weighted by molar-refractivity contribution is -0.123. The third kappa shape index (κ3) is 3.44. The Morgan fingerprint density at radius 3 is 2.88 bits per heavy atom. The van der Waals surface area contributed by atoms with Crippen LogP contribution in [0.1, 0.15) is 15.9 Å². The van der Waals surface area contributed by atoms with E-state index in [1.165, 1.54) is 34.5 Å². The van der Waals surface area contributed by atoms with Crippen molar-refractivity contribution in [3.8, 4) is 32.6 Å². The van der Waals surface area contributed by atoms with Gasteiger partial charge in [0.25, 0.3) is 0 Å². The van der Waals surface area contributed by atoms with E-state index < -0.39 is 17.6 Å². The third-order valence-corrected chi connectivity index (χ3v) is 6.17. The summed E-state index contributed by atoms with van der Waals surface area (Å²) < 4.78 is 39.3. The highest BCUT2D eigenvalue weighted by Crippen LogP contribution is 2.44. The molecule has 10 heteroatoms. The highest BCUT2D eigenvalue weighted by Gasteiger charge is 2.23. The maximum Gasteiger partial charge on any atom is 0.345 e. The normalized spacial score (nSPS) is 12.3. The second-order valence-corrected chi connectivity index (χ2v) is 7.92. The zero-order valence-electron chi connectivity index (χ0n) is 16.2. The van der Waals surface area contributed by atoms with Crippen molar-refractivity contribution in [2.75, 3.05) is 6.61 Å². The van der Waals surface area contributed by atoms with Crippen molar-refractivity contribution in [3.63, 3.8) is 0 Å². The Kier molecular flexibility index (Phi) is 4.98. The lowest BCUT2D eigenvalue weighted by atomic mass is 10.0. The molecule has 2 aromatic heterocycles. The molecule has 4 aromatic rings. The molecule has 0 amide bonds. The molecule has 160 valence electrons. The molecule has 0 radical (unpaired) electrons. The van der Waals surface area contributed by atoms with Gasteiger partial charge in [0, 0.05) is 22.9 Å². The van der Waals surface area contributed by atoms with Crippen molar-refractivity contribution < 1.29 is 27.8 Å². The maximum atomic E-state index is 14.4. The molecule has 7 nitrogen and oxygen atoms in total. The number of hydrogen-bond acceptors (Lipinski definition) is 7. The number of aromatic nitrogens is 3. The van der Waals surface area contributed by atoms with Crippen LogP contribution in [0.4, 0.5) is 8.78 Å². The summed E-state index contributed by atoms with van der Waals surface area (Å²) in [5.74, 6) is -1.22. The molecule has 3 heterocycles. The lowest BCUT2D eigenvalue weighted by Gasteiger charge is -2.09. The minimum absolute atomic E-state index is 0.0742. The van der Waals surface area contributed by atoms with Crippen molar-refractivity contribution in [2.24, 2.45) is 0 Å². The molecule has 0 unspecified atom stereocenters. The number of thiophene rings is 1. The summed E-state index contributed by atoms with van der Waals surface area (Å²) in [5, 5.41) is 4.11. The molecule has 2 aromatic carbocycles. The smallest absolute Gasteiger partial charge is 0.345 e. The van der Waals surface area contributed by atoms with E-state index in [0.29, 0.717) is 35.0 Å². The molecule has 32 heavy (non-hydrogen) atoms. The van der Waals surface area contributed by atoms with E-state index >= 15 is 0 Å². The number of esters is 1. The molecular formula is C22H13F2N3O4S. The molecule has 0 N–H and O–H groups in total. The van der Waals surface area contributed by atoms with Gasteiger partial charge in [0.1, 0.15) is 23.6 Å². The lowest BCUT2D eigenvalue weighted by Crippen LogP contribution is -2.04. The number of fused-ring (bicyclic) bond motifs is 3. The van der Waals surface area contributed by atoms with Crippen LogP contribution in [-0.2, 0) is 16.0 Å². The van der Waals surface area contributed by atoms with Crippen LogP contribution in [0.15, 0.2) is 48.8 Å². The summed E-state index contributed by atoms with van der Waals surface area (Å²) in [6, 6.07) is 9.95. The van der Waals surface area contributed by atoms with Crippen LogP contribution in [-0.4, -0.2) is 33.8 Å². The zero-order chi connectivity index (χ0) is 22.2. The Balaban J connectivity index is 1.61. The van der Waals surface area contributed by atoms with Gasteiger partial charge in [-0.15, -0.1) is 11.3 Å². The Morgan fingerprint density at radius 2 is 2.06 bits per heavy atom. The first kappa shape index (κ1) is 20.0. The van der Waals surface area contributed by atoms with Crippen LogP contribution >= 0.6 is 11.3 Å². The largest absolute Gasteiger partial charge is 0.493 e. The minimum atomic E-state index is -0.767. The molecule has 5 rings (SSSR count). The van der Waals surface area contributed by atoms with Crippen molar-refractivity contribution in [1.29, 1.82) is 0 Å². The number of carbonyl (C=O) groups is 2. The third-order valence-electron chi connectivity index (χ3n) is 4.96. The highest BCUT2D eigenvalue weighted by atomic mass is 32.1. The SMILES string of the molecule is O=COC(=O)c1ccc2c(c1)-c1sc(-c3ncnn3-c3ccc(F)cc3F)cc1CCO2. The molecule has 0 saturated carbocycles. The molecule has 0 fully saturated rings. The van der Waals surface area contributed by atoms with E-state index in [1.807, 2.05) is 6.07 Å². The molecule has 0 saturated heterocycles. The van der Waals surface area contributed by atoms with E-state index in [1.54, 1.807) is 12.1 Å². The Morgan fingerprint density at radius 1 is 1.19 bits per heavy atom. The van der Waals surface area contributed by atoms with Gasteiger partial charge in [-0.2, -0.15) is 5.10 Å². The average molecular weight is 453 g/mol. The van der Waals surface area contributed by atoms with E-state index in [-0.39, 0.29) is 17.7 Å². The molecule has 1 aliphatic heterocycles. The van der Waals surface area contributed by atoms with Crippen LogP contribution in [0.3, 0.4) is 0 Å². The van der Waals surface area contributed by atoms with Crippen LogP contribution in [0.25, 0.3) is 26.8 Å². The average Bonchev–Trinajstić information content (AvgIpc) is 3.38. The number of hydrogen-bond donors (Lipinski definition) is 0. The summed E-state index contributed by atoms with van der Waals surface area (Å²) in [4.78, 5) is 28.4. The summed E-state index contributed by atoms with van der Waals surface area (Å²) in [6.45, 7) is 0.508. The predicted octanol–water partition coefficient (Wildman–Crippen LogP) is 4.19. The fourth-order valence-corrected chi connectivity index (χ4v) is 4.75. The Hall–Kier alpha value is -3.92. The van der Waals surface area contributed by atoms with Crippen molar-refractivity contribution in [1.82, 2.24) is 14.8 Å². The standard InChI is InChI=1S/C22H13F2N3O4S/c23-14-2-3-17(16(24)9-14)27-21(25-10-26-27)19-8-12-5-6-30-18-4-1-13(22(29)31-11-28)7-15(18)20(12)32-19/h1-4,7-11H,5-6H2. The molecule has 0 atom stereocenters. The van der Waals surface area contributed by atoms with Gasteiger partial charge in [-0.05, 0) is 42.0 Å². The first-order chi connectivity index (χ1) is 15.5. The molecular weight excluding hydrogens is 440 g/mol. The first-order valence-electron chi connectivity index (χ1n) is 9.45. The van der Waals surface area contributed by atoms with Crippen molar-refractivity contribution in [2.45, 2.75) is 6.42 Å². The van der Waals surface area contributed by atoms with Crippen molar-refractivity contribution >= 4 is 23.8 Å². The van der Waals surface area contributed by atoms with Gasteiger partial charge in [0.2, 0.25) is 0 Å². The van der Waals surface area contributed by atoms with Crippen LogP contribution < -0.4 is 4.74 Å². The van der Waals surface area contributed by atoms with E-state index in [0.717, 1.165) is 22.6 Å². The van der Waals surface area contributed by atoms with Gasteiger partial charge in [0.15, 0.2) is 11.6 Å². The van der Waals surface area contributed by atoms with Gasteiger partial charge in [0.05, 0.1) is 17.0 Å². The summed E-state index contributed by atoms with van der Waals surface area (Å²) in [7, 11) is 0. The van der Waals surface area contributed by atoms with Gasteiger partial charge in [-0.25, -0.2) is 23.2 Å². The predicted molar refractivity (Wildman–Crippen MR) is 111 cm³/mol. The van der Waals surface area contributed by atoms with Gasteiger partial charge in [-0.1, -0.05) is 0 Å². The monoisotopic (exact) mass is 453 g/mol. The van der Waals surface area contributed by atoms with E-state index in [2.05, 4.69) is 14.8 Å².